The number of nitrogens with zero attached hydrogens (tertiary/aromatic N) is 1. The van der Waals surface area contributed by atoms with Crippen molar-refractivity contribution in [3.63, 3.8) is 0 Å². The Balaban J connectivity index is 2.21. The van der Waals surface area contributed by atoms with Gasteiger partial charge in [0.1, 0.15) is 6.61 Å². The molecule has 1 unspecified atom stereocenters. The second kappa shape index (κ2) is 5.24. The van der Waals surface area contributed by atoms with E-state index in [-0.39, 0.29) is 18.9 Å². The van der Waals surface area contributed by atoms with E-state index in [9.17, 15) is 4.57 Å². The fraction of sp³-hybridized carbons (Fsp3) is 0.833. The third-order valence-corrected chi connectivity index (χ3v) is 2.08. The molecule has 0 aliphatic carbocycles. The van der Waals surface area contributed by atoms with Crippen molar-refractivity contribution >= 4 is 14.6 Å². The van der Waals surface area contributed by atoms with Gasteiger partial charge in [0.25, 0.3) is 0 Å². The minimum atomic E-state index is -2.53. The number of hydrogen-bond donors (Lipinski definition) is 2. The highest BCUT2D eigenvalue weighted by atomic mass is 31.1. The van der Waals surface area contributed by atoms with Gasteiger partial charge in [-0.1, -0.05) is 0 Å². The molecule has 0 spiro atoms. The Morgan fingerprint density at radius 3 is 3.15 bits per heavy atom. The molecule has 1 saturated heterocycles. The van der Waals surface area contributed by atoms with Gasteiger partial charge in [-0.25, -0.2) is 4.99 Å². The Labute approximate surface area is 76.7 Å². The fourth-order valence-corrected chi connectivity index (χ4v) is 1.46. The number of ether oxygens (including phenoxy) is 1. The van der Waals surface area contributed by atoms with Crippen molar-refractivity contribution in [2.75, 3.05) is 6.61 Å². The molecule has 0 radical (unpaired) electrons. The van der Waals surface area contributed by atoms with Crippen LogP contribution in [0.3, 0.4) is 0 Å². The highest BCUT2D eigenvalue weighted by Crippen LogP contribution is 2.23. The maximum Gasteiger partial charge on any atom is 0.694 e. The van der Waals surface area contributed by atoms with Crippen molar-refractivity contribution in [2.24, 2.45) is 10.7 Å². The first-order chi connectivity index (χ1) is 6.22. The van der Waals surface area contributed by atoms with Gasteiger partial charge >= 0.3 is 8.25 Å². The van der Waals surface area contributed by atoms with Gasteiger partial charge in [-0.3, -0.25) is 0 Å². The standard InChI is InChI=1S/C6H11N2O4P/c7-4-8-6-2-1-5(12-6)3-11-13(9)10/h4-6H,1-3H2,(H2-,7,8,9,10)/p+1/t5-,6+/m0/s1. The molecule has 6 nitrogen and oxygen atoms in total. The van der Waals surface area contributed by atoms with Gasteiger partial charge in [-0.05, 0) is 12.8 Å². The van der Waals surface area contributed by atoms with Gasteiger partial charge in [0.15, 0.2) is 6.23 Å². The lowest BCUT2D eigenvalue weighted by Crippen LogP contribution is -2.14. The van der Waals surface area contributed by atoms with Crippen molar-refractivity contribution in [3.8, 4) is 0 Å². The summed E-state index contributed by atoms with van der Waals surface area (Å²) >= 11 is 0. The van der Waals surface area contributed by atoms with E-state index < -0.39 is 8.25 Å². The van der Waals surface area contributed by atoms with Crippen LogP contribution < -0.4 is 5.73 Å². The molecule has 1 fully saturated rings. The number of rotatable bonds is 4. The third kappa shape index (κ3) is 3.78. The first kappa shape index (κ1) is 10.5. The van der Waals surface area contributed by atoms with E-state index in [1.165, 1.54) is 6.34 Å². The normalized spacial score (nSPS) is 29.8. The predicted molar refractivity (Wildman–Crippen MR) is 46.4 cm³/mol. The summed E-state index contributed by atoms with van der Waals surface area (Å²) in [5.74, 6) is 0. The molecule has 3 N–H and O–H groups in total. The molecule has 13 heavy (non-hydrogen) atoms. The number of hydrogen-bond acceptors (Lipinski definition) is 4. The molecule has 1 heterocycles. The summed E-state index contributed by atoms with van der Waals surface area (Å²) < 4.78 is 20.0. The molecule has 0 amide bonds. The van der Waals surface area contributed by atoms with Crippen LogP contribution in [0.5, 0.6) is 0 Å². The van der Waals surface area contributed by atoms with Crippen molar-refractivity contribution in [3.05, 3.63) is 0 Å². The van der Waals surface area contributed by atoms with E-state index in [1.54, 1.807) is 0 Å². The summed E-state index contributed by atoms with van der Waals surface area (Å²) in [7, 11) is -2.53. The molecule has 0 saturated carbocycles. The average Bonchev–Trinajstić information content (AvgIpc) is 2.50. The minimum Gasteiger partial charge on any atom is -0.390 e. The highest BCUT2D eigenvalue weighted by Gasteiger charge is 2.27. The maximum absolute atomic E-state index is 10.2. The van der Waals surface area contributed by atoms with Crippen LogP contribution in [-0.2, 0) is 13.8 Å². The molecule has 74 valence electrons. The molecule has 1 aliphatic rings. The first-order valence-corrected chi connectivity index (χ1v) is 5.03. The molecule has 1 aliphatic heterocycles. The summed E-state index contributed by atoms with van der Waals surface area (Å²) in [6, 6.07) is 0. The highest BCUT2D eigenvalue weighted by molar-refractivity contribution is 7.32. The Morgan fingerprint density at radius 2 is 2.54 bits per heavy atom. The van der Waals surface area contributed by atoms with Crippen molar-refractivity contribution in [1.29, 1.82) is 0 Å². The van der Waals surface area contributed by atoms with Gasteiger partial charge in [-0.15, -0.1) is 9.42 Å². The van der Waals surface area contributed by atoms with E-state index in [2.05, 4.69) is 9.52 Å². The predicted octanol–water partition coefficient (Wildman–Crippen LogP) is 0.145. The largest absolute Gasteiger partial charge is 0.694 e. The van der Waals surface area contributed by atoms with E-state index >= 15 is 0 Å². The molecule has 3 atom stereocenters. The summed E-state index contributed by atoms with van der Waals surface area (Å²) in [4.78, 5) is 12.2. The Bertz CT molecular complexity index is 211. The first-order valence-electron chi connectivity index (χ1n) is 3.90. The lowest BCUT2D eigenvalue weighted by molar-refractivity contribution is 0.0218. The lowest BCUT2D eigenvalue weighted by Gasteiger charge is -2.05. The number of aliphatic imine (C=N–C) groups is 1. The molecule has 7 heteroatoms. The van der Waals surface area contributed by atoms with Gasteiger partial charge in [-0.2, -0.15) is 0 Å². The molecular weight excluding hydrogens is 195 g/mol. The smallest absolute Gasteiger partial charge is 0.390 e. The monoisotopic (exact) mass is 207 g/mol. The Morgan fingerprint density at radius 1 is 1.77 bits per heavy atom. The van der Waals surface area contributed by atoms with Crippen LogP contribution in [-0.4, -0.2) is 30.2 Å². The van der Waals surface area contributed by atoms with Crippen molar-refractivity contribution in [1.82, 2.24) is 0 Å². The van der Waals surface area contributed by atoms with E-state index in [0.29, 0.717) is 0 Å². The summed E-state index contributed by atoms with van der Waals surface area (Å²) in [5, 5.41) is 0. The quantitative estimate of drug-likeness (QED) is 0.388. The number of nitrogens with two attached hydrogens (primary N) is 1. The van der Waals surface area contributed by atoms with E-state index in [0.717, 1.165) is 12.8 Å². The topological polar surface area (TPSA) is 94.1 Å². The maximum atomic E-state index is 10.2. The minimum absolute atomic E-state index is 0.127. The molecule has 0 bridgehead atoms. The van der Waals surface area contributed by atoms with Crippen LogP contribution in [0.15, 0.2) is 4.99 Å². The summed E-state index contributed by atoms with van der Waals surface area (Å²) in [5.41, 5.74) is 5.09. The van der Waals surface area contributed by atoms with Gasteiger partial charge < -0.3 is 10.5 Å². The zero-order valence-electron chi connectivity index (χ0n) is 7.00. The molecular formula is C6H12N2O4P+. The van der Waals surface area contributed by atoms with Gasteiger partial charge in [0, 0.05) is 4.57 Å². The van der Waals surface area contributed by atoms with Crippen LogP contribution in [0.1, 0.15) is 12.8 Å². The summed E-state index contributed by atoms with van der Waals surface area (Å²) in [6.45, 7) is 0.127. The van der Waals surface area contributed by atoms with Crippen LogP contribution in [0, 0.1) is 0 Å². The average molecular weight is 207 g/mol. The molecule has 1 rings (SSSR count). The fourth-order valence-electron chi connectivity index (χ4n) is 1.16. The second-order valence-electron chi connectivity index (χ2n) is 2.62. The zero-order valence-corrected chi connectivity index (χ0v) is 7.89. The van der Waals surface area contributed by atoms with Crippen LogP contribution in [0.25, 0.3) is 0 Å². The summed E-state index contributed by atoms with van der Waals surface area (Å²) in [6.07, 6.45) is 2.35. The zero-order chi connectivity index (χ0) is 9.68. The van der Waals surface area contributed by atoms with Crippen LogP contribution in [0.2, 0.25) is 0 Å². The molecule has 0 aromatic carbocycles. The van der Waals surface area contributed by atoms with E-state index in [4.69, 9.17) is 15.4 Å². The van der Waals surface area contributed by atoms with Gasteiger partial charge in [0.05, 0.1) is 12.4 Å². The lowest BCUT2D eigenvalue weighted by atomic mass is 10.2. The second-order valence-corrected chi connectivity index (χ2v) is 3.36. The Hall–Kier alpha value is -0.550. The van der Waals surface area contributed by atoms with Crippen molar-refractivity contribution < 1.29 is 18.7 Å². The van der Waals surface area contributed by atoms with Gasteiger partial charge in [0.2, 0.25) is 0 Å². The van der Waals surface area contributed by atoms with Crippen LogP contribution >= 0.6 is 8.25 Å². The molecule has 0 aromatic heterocycles. The Kier molecular flexibility index (Phi) is 4.24. The molecule has 0 aromatic rings. The SMILES string of the molecule is NC=N[C@H]1CC[C@@H](CO[P+](=O)O)O1. The van der Waals surface area contributed by atoms with E-state index in [1.807, 2.05) is 0 Å². The van der Waals surface area contributed by atoms with Crippen LogP contribution in [0.4, 0.5) is 0 Å². The van der Waals surface area contributed by atoms with Crippen molar-refractivity contribution in [2.45, 2.75) is 25.2 Å². The third-order valence-electron chi connectivity index (χ3n) is 1.71.